The first-order valence-electron chi connectivity index (χ1n) is 6.86. The van der Waals surface area contributed by atoms with Gasteiger partial charge >= 0.3 is 0 Å². The summed E-state index contributed by atoms with van der Waals surface area (Å²) in [5, 5.41) is 12.9. The molecule has 0 spiro atoms. The number of nitriles is 1. The van der Waals surface area contributed by atoms with E-state index in [1.54, 1.807) is 6.07 Å². The molecule has 4 nitrogen and oxygen atoms in total. The molecule has 0 aliphatic carbocycles. The van der Waals surface area contributed by atoms with Crippen LogP contribution in [-0.2, 0) is 11.3 Å². The van der Waals surface area contributed by atoms with Crippen LogP contribution >= 0.6 is 0 Å². The second-order valence-electron chi connectivity index (χ2n) is 5.36. The fourth-order valence-corrected chi connectivity index (χ4v) is 2.10. The monoisotopic (exact) mass is 269 g/mol. The Morgan fingerprint density at radius 2 is 2.20 bits per heavy atom. The van der Waals surface area contributed by atoms with Gasteiger partial charge in [0.1, 0.15) is 6.54 Å². The molecule has 2 aromatic rings. The lowest BCUT2D eigenvalue weighted by atomic mass is 10.1. The zero-order valence-electron chi connectivity index (χ0n) is 11.9. The zero-order valence-corrected chi connectivity index (χ0v) is 11.9. The first-order valence-corrected chi connectivity index (χ1v) is 6.86. The largest absolute Gasteiger partial charge is 0.355 e. The van der Waals surface area contributed by atoms with Crippen LogP contribution in [-0.4, -0.2) is 17.0 Å². The number of carbonyl (C=O) groups excluding carboxylic acids is 1. The van der Waals surface area contributed by atoms with Crippen LogP contribution in [0.3, 0.4) is 0 Å². The van der Waals surface area contributed by atoms with E-state index in [0.29, 0.717) is 18.0 Å². The average Bonchev–Trinajstić information content (AvgIpc) is 2.80. The van der Waals surface area contributed by atoms with E-state index in [0.717, 1.165) is 17.3 Å². The van der Waals surface area contributed by atoms with Gasteiger partial charge in [-0.05, 0) is 35.9 Å². The summed E-state index contributed by atoms with van der Waals surface area (Å²) in [7, 11) is 0. The number of nitrogens with one attached hydrogen (secondary N) is 1. The average molecular weight is 269 g/mol. The number of fused-ring (bicyclic) bond motifs is 1. The molecule has 20 heavy (non-hydrogen) atoms. The number of nitrogens with zero attached hydrogens (tertiary/aromatic N) is 2. The second kappa shape index (κ2) is 6.25. The highest BCUT2D eigenvalue weighted by Gasteiger charge is 2.07. The van der Waals surface area contributed by atoms with E-state index in [1.165, 1.54) is 0 Å². The van der Waals surface area contributed by atoms with Gasteiger partial charge in [-0.3, -0.25) is 4.79 Å². The Morgan fingerprint density at radius 3 is 2.90 bits per heavy atom. The van der Waals surface area contributed by atoms with Crippen molar-refractivity contribution in [1.29, 1.82) is 5.26 Å². The summed E-state index contributed by atoms with van der Waals surface area (Å²) < 4.78 is 1.88. The van der Waals surface area contributed by atoms with E-state index in [-0.39, 0.29) is 12.5 Å². The molecule has 0 radical (unpaired) electrons. The first-order chi connectivity index (χ1) is 9.60. The van der Waals surface area contributed by atoms with Gasteiger partial charge in [-0.25, -0.2) is 0 Å². The molecule has 4 heteroatoms. The predicted octanol–water partition coefficient (Wildman–Crippen LogP) is 2.68. The normalized spacial score (nSPS) is 10.7. The summed E-state index contributed by atoms with van der Waals surface area (Å²) in [5.74, 6) is 0.589. The van der Waals surface area contributed by atoms with Crippen LogP contribution in [0.4, 0.5) is 0 Å². The van der Waals surface area contributed by atoms with Crippen molar-refractivity contribution in [2.75, 3.05) is 6.54 Å². The van der Waals surface area contributed by atoms with E-state index < -0.39 is 0 Å². The fraction of sp³-hybridized carbons (Fsp3) is 0.375. The predicted molar refractivity (Wildman–Crippen MR) is 79.1 cm³/mol. The van der Waals surface area contributed by atoms with Crippen molar-refractivity contribution in [2.45, 2.75) is 26.8 Å². The van der Waals surface area contributed by atoms with Gasteiger partial charge in [-0.15, -0.1) is 0 Å². The topological polar surface area (TPSA) is 57.8 Å². The molecule has 1 aromatic carbocycles. The van der Waals surface area contributed by atoms with Gasteiger partial charge in [0, 0.05) is 18.3 Å². The van der Waals surface area contributed by atoms with Gasteiger partial charge in [0.05, 0.1) is 11.6 Å². The Labute approximate surface area is 119 Å². The number of aromatic nitrogens is 1. The quantitative estimate of drug-likeness (QED) is 0.907. The van der Waals surface area contributed by atoms with E-state index in [1.807, 2.05) is 29.0 Å². The molecule has 0 saturated heterocycles. The van der Waals surface area contributed by atoms with Crippen molar-refractivity contribution < 1.29 is 4.79 Å². The minimum Gasteiger partial charge on any atom is -0.355 e. The van der Waals surface area contributed by atoms with Gasteiger partial charge < -0.3 is 9.88 Å². The third kappa shape index (κ3) is 3.39. The third-order valence-electron chi connectivity index (χ3n) is 3.26. The number of hydrogen-bond acceptors (Lipinski definition) is 2. The zero-order chi connectivity index (χ0) is 14.5. The maximum Gasteiger partial charge on any atom is 0.239 e. The minimum absolute atomic E-state index is 0.00510. The van der Waals surface area contributed by atoms with Gasteiger partial charge in [-0.2, -0.15) is 5.26 Å². The first kappa shape index (κ1) is 14.1. The molecule has 1 N–H and O–H groups in total. The van der Waals surface area contributed by atoms with Crippen molar-refractivity contribution in [1.82, 2.24) is 9.88 Å². The van der Waals surface area contributed by atoms with E-state index in [9.17, 15) is 4.79 Å². The van der Waals surface area contributed by atoms with Gasteiger partial charge in [0.15, 0.2) is 0 Å². The second-order valence-corrected chi connectivity index (χ2v) is 5.36. The Balaban J connectivity index is 2.06. The lowest BCUT2D eigenvalue weighted by Gasteiger charge is -2.09. The van der Waals surface area contributed by atoms with E-state index in [4.69, 9.17) is 5.26 Å². The molecular formula is C16H19N3O. The molecule has 0 bridgehead atoms. The number of rotatable bonds is 5. The highest BCUT2D eigenvalue weighted by atomic mass is 16.1. The fourth-order valence-electron chi connectivity index (χ4n) is 2.10. The van der Waals surface area contributed by atoms with Crippen LogP contribution in [0.5, 0.6) is 0 Å². The summed E-state index contributed by atoms with van der Waals surface area (Å²) in [6.45, 7) is 5.26. The van der Waals surface area contributed by atoms with Crippen molar-refractivity contribution in [3.63, 3.8) is 0 Å². The molecule has 1 heterocycles. The van der Waals surface area contributed by atoms with Crippen LogP contribution in [0.2, 0.25) is 0 Å². The van der Waals surface area contributed by atoms with Gasteiger partial charge in [-0.1, -0.05) is 19.9 Å². The molecule has 0 aliphatic rings. The lowest BCUT2D eigenvalue weighted by Crippen LogP contribution is -2.28. The van der Waals surface area contributed by atoms with Crippen molar-refractivity contribution >= 4 is 16.8 Å². The molecule has 0 atom stereocenters. The lowest BCUT2D eigenvalue weighted by molar-refractivity contribution is -0.121. The molecule has 2 rings (SSSR count). The maximum absolute atomic E-state index is 11.9. The minimum atomic E-state index is 0.00510. The summed E-state index contributed by atoms with van der Waals surface area (Å²) in [6, 6.07) is 9.59. The van der Waals surface area contributed by atoms with Gasteiger partial charge in [0.25, 0.3) is 0 Å². The summed E-state index contributed by atoms with van der Waals surface area (Å²) in [6.07, 6.45) is 2.87. The molecule has 1 amide bonds. The smallest absolute Gasteiger partial charge is 0.239 e. The third-order valence-corrected chi connectivity index (χ3v) is 3.26. The molecule has 104 valence electrons. The molecular weight excluding hydrogens is 250 g/mol. The van der Waals surface area contributed by atoms with E-state index >= 15 is 0 Å². The van der Waals surface area contributed by atoms with Crippen molar-refractivity contribution in [3.8, 4) is 6.07 Å². The molecule has 0 saturated carbocycles. The Morgan fingerprint density at radius 1 is 1.40 bits per heavy atom. The van der Waals surface area contributed by atoms with Gasteiger partial charge in [0.2, 0.25) is 5.91 Å². The number of hydrogen-bond donors (Lipinski definition) is 1. The highest BCUT2D eigenvalue weighted by molar-refractivity contribution is 5.84. The molecule has 0 unspecified atom stereocenters. The Bertz CT molecular complexity index is 649. The van der Waals surface area contributed by atoms with Crippen LogP contribution in [0.25, 0.3) is 10.9 Å². The maximum atomic E-state index is 11.9. The van der Waals surface area contributed by atoms with Crippen LogP contribution in [0.1, 0.15) is 25.8 Å². The number of benzene rings is 1. The van der Waals surface area contributed by atoms with Crippen LogP contribution in [0, 0.1) is 17.2 Å². The highest BCUT2D eigenvalue weighted by Crippen LogP contribution is 2.17. The van der Waals surface area contributed by atoms with Crippen LogP contribution < -0.4 is 5.32 Å². The standard InChI is InChI=1S/C16H19N3O/c1-12(2)5-7-18-16(20)11-19-8-6-14-4-3-13(10-17)9-15(14)19/h3-4,6,8-9,12H,5,7,11H2,1-2H3,(H,18,20). The number of carbonyl (C=O) groups is 1. The van der Waals surface area contributed by atoms with E-state index in [2.05, 4.69) is 25.2 Å². The number of amides is 1. The molecule has 0 fully saturated rings. The Kier molecular flexibility index (Phi) is 4.41. The van der Waals surface area contributed by atoms with Crippen molar-refractivity contribution in [2.24, 2.45) is 5.92 Å². The summed E-state index contributed by atoms with van der Waals surface area (Å²) in [4.78, 5) is 11.9. The summed E-state index contributed by atoms with van der Waals surface area (Å²) >= 11 is 0. The molecule has 0 aliphatic heterocycles. The SMILES string of the molecule is CC(C)CCNC(=O)Cn1ccc2ccc(C#N)cc21. The molecule has 1 aromatic heterocycles. The van der Waals surface area contributed by atoms with Crippen LogP contribution in [0.15, 0.2) is 30.5 Å². The van der Waals surface area contributed by atoms with Crippen molar-refractivity contribution in [3.05, 3.63) is 36.0 Å². The summed E-state index contributed by atoms with van der Waals surface area (Å²) in [5.41, 5.74) is 1.53. The Hall–Kier alpha value is -2.28.